The van der Waals surface area contributed by atoms with Crippen molar-refractivity contribution < 1.29 is 0 Å². The molecule has 0 aromatic carbocycles. The summed E-state index contributed by atoms with van der Waals surface area (Å²) in [6.45, 7) is 7.29. The molecule has 0 saturated carbocycles. The molecule has 0 atom stereocenters. The van der Waals surface area contributed by atoms with Gasteiger partial charge in [-0.1, -0.05) is 13.0 Å². The molecule has 0 bridgehead atoms. The summed E-state index contributed by atoms with van der Waals surface area (Å²) in [5.74, 6) is 1.54. The molecule has 0 spiro atoms. The van der Waals surface area contributed by atoms with Gasteiger partial charge in [0.15, 0.2) is 0 Å². The van der Waals surface area contributed by atoms with E-state index in [1.165, 1.54) is 4.88 Å². The predicted molar refractivity (Wildman–Crippen MR) is 81.5 cm³/mol. The molecule has 4 nitrogen and oxygen atoms in total. The van der Waals surface area contributed by atoms with Crippen LogP contribution in [0.4, 0.5) is 11.6 Å². The van der Waals surface area contributed by atoms with E-state index in [1.54, 1.807) is 17.7 Å². The summed E-state index contributed by atoms with van der Waals surface area (Å²) in [7, 11) is 0. The first kappa shape index (κ1) is 13.8. The molecule has 0 unspecified atom stereocenters. The van der Waals surface area contributed by atoms with Gasteiger partial charge in [-0.2, -0.15) is 0 Å². The van der Waals surface area contributed by atoms with E-state index in [0.717, 1.165) is 24.3 Å². The lowest BCUT2D eigenvalue weighted by molar-refractivity contribution is 0.671. The first-order chi connectivity index (χ1) is 9.13. The minimum atomic E-state index is 0.363. The Morgan fingerprint density at radius 2 is 2.16 bits per heavy atom. The van der Waals surface area contributed by atoms with Crippen molar-refractivity contribution >= 4 is 23.0 Å². The van der Waals surface area contributed by atoms with E-state index in [9.17, 15) is 0 Å². The van der Waals surface area contributed by atoms with E-state index in [-0.39, 0.29) is 0 Å². The van der Waals surface area contributed by atoms with Crippen LogP contribution < -0.4 is 10.6 Å². The second-order valence-electron chi connectivity index (χ2n) is 4.72. The van der Waals surface area contributed by atoms with Crippen molar-refractivity contribution in [2.45, 2.75) is 39.8 Å². The summed E-state index contributed by atoms with van der Waals surface area (Å²) in [5.41, 5.74) is 7.00. The number of nitrogens with zero attached hydrogens (tertiary/aromatic N) is 3. The number of anilines is 2. The Bertz CT molecular complexity index is 522. The van der Waals surface area contributed by atoms with Crippen molar-refractivity contribution in [3.05, 3.63) is 34.3 Å². The highest BCUT2D eigenvalue weighted by Crippen LogP contribution is 2.26. The van der Waals surface area contributed by atoms with Crippen molar-refractivity contribution in [3.63, 3.8) is 0 Å². The molecule has 102 valence electrons. The fourth-order valence-corrected chi connectivity index (χ4v) is 2.78. The van der Waals surface area contributed by atoms with Crippen LogP contribution in [0.2, 0.25) is 0 Å². The fraction of sp³-hybridized carbons (Fsp3) is 0.429. The van der Waals surface area contributed by atoms with Crippen molar-refractivity contribution in [2.24, 2.45) is 0 Å². The van der Waals surface area contributed by atoms with Crippen molar-refractivity contribution in [1.29, 1.82) is 0 Å². The number of hydrogen-bond acceptors (Lipinski definition) is 5. The molecule has 19 heavy (non-hydrogen) atoms. The molecular weight excluding hydrogens is 256 g/mol. The molecule has 2 aromatic rings. The van der Waals surface area contributed by atoms with Gasteiger partial charge < -0.3 is 10.6 Å². The average molecular weight is 276 g/mol. The topological polar surface area (TPSA) is 55.0 Å². The Labute approximate surface area is 118 Å². The summed E-state index contributed by atoms with van der Waals surface area (Å²) in [6.07, 6.45) is 2.39. The van der Waals surface area contributed by atoms with Crippen molar-refractivity contribution in [1.82, 2.24) is 9.97 Å². The Morgan fingerprint density at radius 3 is 2.74 bits per heavy atom. The Hall–Kier alpha value is -1.62. The second kappa shape index (κ2) is 6.02. The second-order valence-corrected chi connectivity index (χ2v) is 5.75. The van der Waals surface area contributed by atoms with Gasteiger partial charge in [-0.25, -0.2) is 9.97 Å². The van der Waals surface area contributed by atoms with Crippen LogP contribution in [0.15, 0.2) is 23.8 Å². The molecule has 0 saturated heterocycles. The van der Waals surface area contributed by atoms with Gasteiger partial charge in [0, 0.05) is 16.5 Å². The van der Waals surface area contributed by atoms with Gasteiger partial charge in [0.2, 0.25) is 0 Å². The number of hydrogen-bond donors (Lipinski definition) is 1. The molecular formula is C14H20N4S. The Kier molecular flexibility index (Phi) is 4.37. The summed E-state index contributed by atoms with van der Waals surface area (Å²) >= 11 is 1.76. The van der Waals surface area contributed by atoms with E-state index >= 15 is 0 Å². The third-order valence-electron chi connectivity index (χ3n) is 3.11. The van der Waals surface area contributed by atoms with Crippen molar-refractivity contribution in [2.75, 3.05) is 10.6 Å². The van der Waals surface area contributed by atoms with E-state index in [4.69, 9.17) is 5.73 Å². The normalized spacial score (nSPS) is 10.9. The van der Waals surface area contributed by atoms with Crippen molar-refractivity contribution in [3.8, 4) is 0 Å². The van der Waals surface area contributed by atoms with Gasteiger partial charge >= 0.3 is 0 Å². The molecule has 0 aliphatic rings. The molecule has 2 heterocycles. The van der Waals surface area contributed by atoms with Gasteiger partial charge in [-0.05, 0) is 31.7 Å². The number of thiophene rings is 1. The smallest absolute Gasteiger partial charge is 0.137 e. The number of nitrogens with two attached hydrogens (primary N) is 1. The zero-order chi connectivity index (χ0) is 13.8. The number of rotatable bonds is 5. The average Bonchev–Trinajstić information content (AvgIpc) is 2.88. The zero-order valence-corrected chi connectivity index (χ0v) is 12.4. The molecule has 2 N–H and O–H groups in total. The number of aromatic nitrogens is 2. The van der Waals surface area contributed by atoms with Gasteiger partial charge in [0.25, 0.3) is 0 Å². The molecule has 0 aliphatic carbocycles. The Balaban J connectivity index is 2.36. The lowest BCUT2D eigenvalue weighted by Crippen LogP contribution is -2.32. The molecule has 2 rings (SSSR count). The maximum atomic E-state index is 5.97. The van der Waals surface area contributed by atoms with Crippen LogP contribution >= 0.6 is 11.3 Å². The van der Waals surface area contributed by atoms with Crippen LogP contribution in [0.5, 0.6) is 0 Å². The highest BCUT2D eigenvalue weighted by molar-refractivity contribution is 7.09. The third kappa shape index (κ3) is 3.04. The summed E-state index contributed by atoms with van der Waals surface area (Å²) in [5, 5.41) is 2.10. The molecule has 0 aliphatic heterocycles. The van der Waals surface area contributed by atoms with E-state index in [2.05, 4.69) is 53.2 Å². The van der Waals surface area contributed by atoms with E-state index in [0.29, 0.717) is 11.9 Å². The van der Waals surface area contributed by atoms with E-state index in [1.807, 2.05) is 0 Å². The lowest BCUT2D eigenvalue weighted by Gasteiger charge is -2.29. The molecule has 2 aromatic heterocycles. The fourth-order valence-electron chi connectivity index (χ4n) is 2.08. The largest absolute Gasteiger partial charge is 0.383 e. The minimum absolute atomic E-state index is 0.363. The summed E-state index contributed by atoms with van der Waals surface area (Å²) in [4.78, 5) is 12.2. The first-order valence-corrected chi connectivity index (χ1v) is 7.39. The molecule has 0 fully saturated rings. The van der Waals surface area contributed by atoms with Crippen LogP contribution in [0.3, 0.4) is 0 Å². The van der Waals surface area contributed by atoms with Gasteiger partial charge in [0.05, 0.1) is 6.54 Å². The van der Waals surface area contributed by atoms with Gasteiger partial charge in [-0.15, -0.1) is 11.3 Å². The maximum absolute atomic E-state index is 5.97. The highest BCUT2D eigenvalue weighted by atomic mass is 32.1. The molecule has 0 radical (unpaired) electrons. The minimum Gasteiger partial charge on any atom is -0.383 e. The Morgan fingerprint density at radius 1 is 1.37 bits per heavy atom. The quantitative estimate of drug-likeness (QED) is 0.911. The van der Waals surface area contributed by atoms with E-state index < -0.39 is 0 Å². The summed E-state index contributed by atoms with van der Waals surface area (Å²) in [6, 6.07) is 4.59. The predicted octanol–water partition coefficient (Wildman–Crippen LogP) is 3.10. The highest BCUT2D eigenvalue weighted by Gasteiger charge is 2.18. The molecule has 0 amide bonds. The third-order valence-corrected chi connectivity index (χ3v) is 3.97. The van der Waals surface area contributed by atoms with Gasteiger partial charge in [-0.3, -0.25) is 0 Å². The van der Waals surface area contributed by atoms with Crippen LogP contribution in [-0.4, -0.2) is 16.0 Å². The molecule has 5 heteroatoms. The SMILES string of the molecule is CCc1c(N)ncnc1N(Cc1cccs1)C(C)C. The van der Waals surface area contributed by atoms with Crippen LogP contribution in [0.1, 0.15) is 31.2 Å². The van der Waals surface area contributed by atoms with Crippen LogP contribution in [-0.2, 0) is 13.0 Å². The van der Waals surface area contributed by atoms with Gasteiger partial charge in [0.1, 0.15) is 18.0 Å². The monoisotopic (exact) mass is 276 g/mol. The zero-order valence-electron chi connectivity index (χ0n) is 11.6. The van der Waals surface area contributed by atoms with Crippen LogP contribution in [0.25, 0.3) is 0 Å². The standard InChI is InChI=1S/C14H20N4S/c1-4-12-13(15)16-9-17-14(12)18(10(2)3)8-11-6-5-7-19-11/h5-7,9-10H,4,8H2,1-3H3,(H2,15,16,17). The summed E-state index contributed by atoms with van der Waals surface area (Å²) < 4.78 is 0. The maximum Gasteiger partial charge on any atom is 0.137 e. The van der Waals surface area contributed by atoms with Crippen LogP contribution in [0, 0.1) is 0 Å². The number of nitrogen functional groups attached to an aromatic ring is 1. The first-order valence-electron chi connectivity index (χ1n) is 6.51. The lowest BCUT2D eigenvalue weighted by atomic mass is 10.2.